The number of rotatable bonds is 41. The number of hydrogen-bond donors (Lipinski definition) is 0. The van der Waals surface area contributed by atoms with Crippen molar-refractivity contribution in [3.8, 4) is 0 Å². The van der Waals surface area contributed by atoms with Gasteiger partial charge in [0.25, 0.3) is 0 Å². The molecule has 8 fully saturated rings. The van der Waals surface area contributed by atoms with Gasteiger partial charge in [0.2, 0.25) is 0 Å². The minimum Gasteiger partial charge on any atom is -0.377 e. The summed E-state index contributed by atoms with van der Waals surface area (Å²) in [5.74, 6) is 0. The fraction of sp³-hybridized carbons (Fsp3) is 1.00. The fourth-order valence-corrected chi connectivity index (χ4v) is 12.4. The van der Waals surface area contributed by atoms with Gasteiger partial charge < -0.3 is 90.0 Å². The molecule has 2 aliphatic heterocycles. The highest BCUT2D eigenvalue weighted by Crippen LogP contribution is 2.31. The van der Waals surface area contributed by atoms with Crippen molar-refractivity contribution in [3.63, 3.8) is 0 Å². The molecule has 0 aromatic heterocycles. The normalized spacial score (nSPS) is 34.8. The summed E-state index contributed by atoms with van der Waals surface area (Å²) in [4.78, 5) is 0. The maximum atomic E-state index is 6.38. The van der Waals surface area contributed by atoms with Crippen LogP contribution in [0.4, 0.5) is 0 Å². The van der Waals surface area contributed by atoms with Crippen LogP contribution in [-0.4, -0.2) is 244 Å². The van der Waals surface area contributed by atoms with E-state index in [1.54, 1.807) is 35.5 Å². The van der Waals surface area contributed by atoms with E-state index in [4.69, 9.17) is 90.0 Å². The predicted molar refractivity (Wildman–Crippen MR) is 301 cm³/mol. The molecule has 0 radical (unpaired) electrons. The van der Waals surface area contributed by atoms with Crippen molar-refractivity contribution in [2.45, 2.75) is 270 Å². The lowest BCUT2D eigenvalue weighted by molar-refractivity contribution is -0.119. The Labute approximate surface area is 486 Å². The molecule has 0 N–H and O–H groups in total. The summed E-state index contributed by atoms with van der Waals surface area (Å²) in [5, 5.41) is 0. The molecule has 472 valence electrons. The van der Waals surface area contributed by atoms with Crippen molar-refractivity contribution in [1.29, 1.82) is 0 Å². The van der Waals surface area contributed by atoms with E-state index >= 15 is 0 Å². The monoisotopic (exact) mass is 1160 g/mol. The molecule has 19 heteroatoms. The lowest BCUT2D eigenvalue weighted by Gasteiger charge is -2.32. The average Bonchev–Trinajstić information content (AvgIpc) is 4.48. The highest BCUT2D eigenvalue weighted by Gasteiger charge is 2.33. The van der Waals surface area contributed by atoms with E-state index in [1.807, 2.05) is 0 Å². The van der Waals surface area contributed by atoms with Gasteiger partial charge in [-0.2, -0.15) is 0 Å². The van der Waals surface area contributed by atoms with E-state index < -0.39 is 0 Å². The van der Waals surface area contributed by atoms with Gasteiger partial charge >= 0.3 is 0 Å². The smallest absolute Gasteiger partial charge is 0.104 e. The Balaban J connectivity index is 0.581. The van der Waals surface area contributed by atoms with Crippen molar-refractivity contribution in [2.24, 2.45) is 0 Å². The highest BCUT2D eigenvalue weighted by atomic mass is 16.6. The standard InChI is InChI=1S/C62H110O19/c1-63-56(30-68-44-6-10-46(11-7-44)70-32-57(64-2)34-72-48-14-18-50(19-15-48)74-36-59(66-4)38-76-52-22-26-54(27-23-52)78-40-61-42-80-61)31-69-45-8-12-47(13-9-45)71-33-58(65-3)35-73-49-16-20-51(21-17-49)75-37-60(67-5)39-77-53-24-28-55(29-25-53)79-41-62-43-81-62/h44-62H,6-43H2,1-5H3. The maximum absolute atomic E-state index is 6.38. The van der Waals surface area contributed by atoms with E-state index in [-0.39, 0.29) is 91.6 Å². The first kappa shape index (κ1) is 66.2. The second-order valence-electron chi connectivity index (χ2n) is 24.6. The number of methoxy groups -OCH3 is 5. The van der Waals surface area contributed by atoms with E-state index in [2.05, 4.69) is 0 Å². The molecule has 2 saturated heterocycles. The lowest BCUT2D eigenvalue weighted by Crippen LogP contribution is -2.36. The Hall–Kier alpha value is -0.760. The largest absolute Gasteiger partial charge is 0.377 e. The molecular formula is C62H110O19. The van der Waals surface area contributed by atoms with Crippen molar-refractivity contribution < 1.29 is 90.0 Å². The summed E-state index contributed by atoms with van der Waals surface area (Å²) in [7, 11) is 8.73. The molecule has 0 amide bonds. The van der Waals surface area contributed by atoms with E-state index in [1.165, 1.54) is 0 Å². The predicted octanol–water partition coefficient (Wildman–Crippen LogP) is 7.93. The third-order valence-corrected chi connectivity index (χ3v) is 18.4. The quantitative estimate of drug-likeness (QED) is 0.0538. The molecule has 6 unspecified atom stereocenters. The molecule has 0 spiro atoms. The van der Waals surface area contributed by atoms with Crippen molar-refractivity contribution in [3.05, 3.63) is 0 Å². The van der Waals surface area contributed by atoms with Gasteiger partial charge in [-0.25, -0.2) is 0 Å². The Morgan fingerprint density at radius 3 is 0.457 bits per heavy atom. The van der Waals surface area contributed by atoms with E-state index in [0.29, 0.717) is 90.5 Å². The van der Waals surface area contributed by atoms with Gasteiger partial charge in [-0.1, -0.05) is 0 Å². The zero-order valence-corrected chi connectivity index (χ0v) is 50.6. The lowest BCUT2D eigenvalue weighted by atomic mass is 9.94. The molecule has 6 aliphatic carbocycles. The first-order valence-corrected chi connectivity index (χ1v) is 32.1. The number of epoxide rings is 2. The molecule has 6 atom stereocenters. The highest BCUT2D eigenvalue weighted by molar-refractivity contribution is 4.81. The van der Waals surface area contributed by atoms with Crippen LogP contribution < -0.4 is 0 Å². The van der Waals surface area contributed by atoms with E-state index in [9.17, 15) is 0 Å². The second kappa shape index (κ2) is 37.8. The van der Waals surface area contributed by atoms with Gasteiger partial charge in [0.05, 0.1) is 166 Å². The minimum atomic E-state index is -0.104. The zero-order valence-electron chi connectivity index (χ0n) is 50.6. The fourth-order valence-electron chi connectivity index (χ4n) is 12.4. The Morgan fingerprint density at radius 1 is 0.222 bits per heavy atom. The molecule has 81 heavy (non-hydrogen) atoms. The molecule has 0 bridgehead atoms. The third kappa shape index (κ3) is 25.8. The second-order valence-corrected chi connectivity index (χ2v) is 24.6. The van der Waals surface area contributed by atoms with Crippen molar-refractivity contribution in [2.75, 3.05) is 128 Å². The van der Waals surface area contributed by atoms with Crippen LogP contribution >= 0.6 is 0 Å². The van der Waals surface area contributed by atoms with Gasteiger partial charge in [-0.05, 0) is 154 Å². The SMILES string of the molecule is COC(COC1CCC(OCC(COC2CCC(OCC(COC3CCC(OCC4CO4)CC3)OC)CC2)OC)CC1)COC1CCC(OCC(COC2CCC(OCC(COC3CCC(OCC4CO4)CC3)OC)CC2)OC)CC1. The Morgan fingerprint density at radius 2 is 0.346 bits per heavy atom. The Kier molecular flexibility index (Phi) is 30.9. The Bertz CT molecular complexity index is 1450. The average molecular weight is 1160 g/mol. The van der Waals surface area contributed by atoms with Crippen molar-refractivity contribution in [1.82, 2.24) is 0 Å². The summed E-state index contributed by atoms with van der Waals surface area (Å²) < 4.78 is 115. The third-order valence-electron chi connectivity index (χ3n) is 18.4. The molecule has 2 heterocycles. The molecule has 6 saturated carbocycles. The van der Waals surface area contributed by atoms with Crippen LogP contribution in [0.5, 0.6) is 0 Å². The van der Waals surface area contributed by atoms with Gasteiger partial charge in [0.15, 0.2) is 0 Å². The molecule has 8 aliphatic rings. The van der Waals surface area contributed by atoms with Crippen LogP contribution in [-0.2, 0) is 90.0 Å². The zero-order chi connectivity index (χ0) is 56.3. The van der Waals surface area contributed by atoms with Crippen LogP contribution in [0.2, 0.25) is 0 Å². The maximum Gasteiger partial charge on any atom is 0.104 e. The number of hydrogen-bond acceptors (Lipinski definition) is 19. The van der Waals surface area contributed by atoms with Crippen LogP contribution in [0.15, 0.2) is 0 Å². The molecule has 0 aromatic carbocycles. The van der Waals surface area contributed by atoms with Crippen LogP contribution in [0.1, 0.15) is 154 Å². The summed E-state index contributed by atoms with van der Waals surface area (Å²) in [6, 6.07) is 0. The molecule has 0 aromatic rings. The van der Waals surface area contributed by atoms with Crippen LogP contribution in [0.3, 0.4) is 0 Å². The molecule has 8 rings (SSSR count). The summed E-state index contributed by atoms with van der Waals surface area (Å²) in [5.41, 5.74) is 0. The number of ether oxygens (including phenoxy) is 19. The summed E-state index contributed by atoms with van der Waals surface area (Å²) in [6.45, 7) is 8.53. The first-order chi connectivity index (χ1) is 39.8. The van der Waals surface area contributed by atoms with Crippen molar-refractivity contribution >= 4 is 0 Å². The van der Waals surface area contributed by atoms with Gasteiger partial charge in [-0.3, -0.25) is 0 Å². The molecule has 19 nitrogen and oxygen atoms in total. The van der Waals surface area contributed by atoms with Gasteiger partial charge in [-0.15, -0.1) is 0 Å². The van der Waals surface area contributed by atoms with Gasteiger partial charge in [0, 0.05) is 35.5 Å². The first-order valence-electron chi connectivity index (χ1n) is 32.1. The summed E-state index contributed by atoms with van der Waals surface area (Å²) in [6.07, 6.45) is 26.9. The topological polar surface area (TPSA) is 182 Å². The van der Waals surface area contributed by atoms with E-state index in [0.717, 1.165) is 181 Å². The minimum absolute atomic E-state index is 0.0651. The van der Waals surface area contributed by atoms with Gasteiger partial charge in [0.1, 0.15) is 42.7 Å². The summed E-state index contributed by atoms with van der Waals surface area (Å²) >= 11 is 0. The van der Waals surface area contributed by atoms with Crippen LogP contribution in [0, 0.1) is 0 Å². The molecular weight excluding hydrogens is 1050 g/mol. The van der Waals surface area contributed by atoms with Crippen LogP contribution in [0.25, 0.3) is 0 Å².